The van der Waals surface area contributed by atoms with Crippen molar-refractivity contribution in [3.8, 4) is 5.75 Å². The molecule has 0 saturated carbocycles. The van der Waals surface area contributed by atoms with Crippen LogP contribution in [-0.2, 0) is 20.9 Å². The Morgan fingerprint density at radius 2 is 2.16 bits per heavy atom. The van der Waals surface area contributed by atoms with E-state index in [9.17, 15) is 9.59 Å². The fourth-order valence-electron chi connectivity index (χ4n) is 2.96. The molecule has 1 atom stereocenters. The lowest BCUT2D eigenvalue weighted by Gasteiger charge is -2.31. The second kappa shape index (κ2) is 10.0. The molecule has 0 aliphatic carbocycles. The first-order valence-electron chi connectivity index (χ1n) is 8.90. The normalized spacial score (nSPS) is 17.2. The zero-order valence-corrected chi connectivity index (χ0v) is 15.1. The van der Waals surface area contributed by atoms with Gasteiger partial charge in [-0.3, -0.25) is 9.59 Å². The minimum absolute atomic E-state index is 0.0132. The first-order valence-corrected chi connectivity index (χ1v) is 8.90. The number of hydrogen-bond acceptors (Lipinski definition) is 4. The molecule has 1 fully saturated rings. The Balaban J connectivity index is 1.83. The summed E-state index contributed by atoms with van der Waals surface area (Å²) in [6, 6.07) is 7.67. The first kappa shape index (κ1) is 19.2. The number of benzene rings is 1. The van der Waals surface area contributed by atoms with Gasteiger partial charge in [0.2, 0.25) is 11.8 Å². The van der Waals surface area contributed by atoms with E-state index in [0.717, 1.165) is 30.7 Å². The van der Waals surface area contributed by atoms with E-state index in [0.29, 0.717) is 32.7 Å². The molecule has 0 radical (unpaired) electrons. The Morgan fingerprint density at radius 3 is 2.92 bits per heavy atom. The lowest BCUT2D eigenvalue weighted by atomic mass is 9.96. The van der Waals surface area contributed by atoms with Crippen LogP contribution < -0.4 is 10.1 Å². The van der Waals surface area contributed by atoms with E-state index in [1.807, 2.05) is 31.2 Å². The third-order valence-corrected chi connectivity index (χ3v) is 4.37. The van der Waals surface area contributed by atoms with Gasteiger partial charge in [-0.1, -0.05) is 19.1 Å². The van der Waals surface area contributed by atoms with Crippen LogP contribution in [0.2, 0.25) is 0 Å². The molecular weight excluding hydrogens is 320 g/mol. The second-order valence-electron chi connectivity index (χ2n) is 6.24. The Morgan fingerprint density at radius 1 is 1.32 bits per heavy atom. The quantitative estimate of drug-likeness (QED) is 0.730. The maximum Gasteiger partial charge on any atom is 0.225 e. The number of carbonyl (C=O) groups excluding carboxylic acids is 2. The highest BCUT2D eigenvalue weighted by Crippen LogP contribution is 2.18. The molecule has 1 heterocycles. The molecule has 1 aromatic rings. The smallest absolute Gasteiger partial charge is 0.225 e. The maximum absolute atomic E-state index is 12.4. The Labute approximate surface area is 149 Å². The Bertz CT molecular complexity index is 576. The average molecular weight is 348 g/mol. The van der Waals surface area contributed by atoms with Crippen molar-refractivity contribution in [1.29, 1.82) is 0 Å². The fraction of sp³-hybridized carbons (Fsp3) is 0.579. The molecule has 25 heavy (non-hydrogen) atoms. The summed E-state index contributed by atoms with van der Waals surface area (Å²) < 4.78 is 10.5. The molecule has 1 unspecified atom stereocenters. The average Bonchev–Trinajstić information content (AvgIpc) is 2.66. The first-order chi connectivity index (χ1) is 12.1. The molecule has 2 rings (SSSR count). The number of rotatable bonds is 8. The fourth-order valence-corrected chi connectivity index (χ4v) is 2.96. The molecule has 1 aromatic carbocycles. The highest BCUT2D eigenvalue weighted by Gasteiger charge is 2.27. The molecule has 2 amide bonds. The molecule has 0 aromatic heterocycles. The van der Waals surface area contributed by atoms with Crippen LogP contribution in [0.15, 0.2) is 24.3 Å². The van der Waals surface area contributed by atoms with Gasteiger partial charge in [0, 0.05) is 33.2 Å². The van der Waals surface area contributed by atoms with Gasteiger partial charge in [0.1, 0.15) is 12.4 Å². The minimum Gasteiger partial charge on any atom is -0.491 e. The topological polar surface area (TPSA) is 67.9 Å². The van der Waals surface area contributed by atoms with Crippen molar-refractivity contribution < 1.29 is 19.1 Å². The molecule has 0 bridgehead atoms. The highest BCUT2D eigenvalue weighted by molar-refractivity contribution is 5.81. The van der Waals surface area contributed by atoms with Crippen molar-refractivity contribution in [3.63, 3.8) is 0 Å². The lowest BCUT2D eigenvalue weighted by molar-refractivity contribution is -0.135. The number of carbonyl (C=O) groups is 2. The van der Waals surface area contributed by atoms with E-state index in [2.05, 4.69) is 5.32 Å². The van der Waals surface area contributed by atoms with Gasteiger partial charge in [-0.25, -0.2) is 0 Å². The predicted molar refractivity (Wildman–Crippen MR) is 95.3 cm³/mol. The van der Waals surface area contributed by atoms with Gasteiger partial charge >= 0.3 is 0 Å². The van der Waals surface area contributed by atoms with Crippen LogP contribution in [0.1, 0.15) is 31.7 Å². The second-order valence-corrected chi connectivity index (χ2v) is 6.24. The SMILES string of the molecule is CCC(=O)N1CCCC(C(=O)NCc2cccc(OCCOC)c2)C1. The molecular formula is C19H28N2O4. The summed E-state index contributed by atoms with van der Waals surface area (Å²) in [5.74, 6) is 0.782. The van der Waals surface area contributed by atoms with E-state index in [1.54, 1.807) is 12.0 Å². The van der Waals surface area contributed by atoms with Crippen molar-refractivity contribution in [2.75, 3.05) is 33.4 Å². The molecule has 1 aliphatic rings. The zero-order chi connectivity index (χ0) is 18.1. The van der Waals surface area contributed by atoms with Crippen LogP contribution in [0, 0.1) is 5.92 Å². The number of amides is 2. The predicted octanol–water partition coefficient (Wildman–Crippen LogP) is 1.98. The van der Waals surface area contributed by atoms with E-state index >= 15 is 0 Å². The van der Waals surface area contributed by atoms with Crippen molar-refractivity contribution in [2.45, 2.75) is 32.7 Å². The summed E-state index contributed by atoms with van der Waals surface area (Å²) in [7, 11) is 1.63. The monoisotopic (exact) mass is 348 g/mol. The number of ether oxygens (including phenoxy) is 2. The minimum atomic E-state index is -0.120. The van der Waals surface area contributed by atoms with Gasteiger partial charge < -0.3 is 19.7 Å². The van der Waals surface area contributed by atoms with Crippen molar-refractivity contribution in [1.82, 2.24) is 10.2 Å². The summed E-state index contributed by atoms with van der Waals surface area (Å²) in [4.78, 5) is 26.1. The van der Waals surface area contributed by atoms with Crippen LogP contribution in [0.3, 0.4) is 0 Å². The molecule has 6 heteroatoms. The van der Waals surface area contributed by atoms with Gasteiger partial charge in [-0.15, -0.1) is 0 Å². The molecule has 1 saturated heterocycles. The van der Waals surface area contributed by atoms with Gasteiger partial charge in [0.25, 0.3) is 0 Å². The molecule has 138 valence electrons. The zero-order valence-electron chi connectivity index (χ0n) is 15.1. The van der Waals surface area contributed by atoms with Gasteiger partial charge in [-0.2, -0.15) is 0 Å². The third kappa shape index (κ3) is 6.05. The lowest BCUT2D eigenvalue weighted by Crippen LogP contribution is -2.45. The molecule has 1 aliphatic heterocycles. The van der Waals surface area contributed by atoms with Gasteiger partial charge in [0.15, 0.2) is 0 Å². The number of nitrogens with zero attached hydrogens (tertiary/aromatic N) is 1. The molecule has 6 nitrogen and oxygen atoms in total. The maximum atomic E-state index is 12.4. The van der Waals surface area contributed by atoms with Crippen molar-refractivity contribution in [3.05, 3.63) is 29.8 Å². The van der Waals surface area contributed by atoms with Crippen LogP contribution in [-0.4, -0.2) is 50.1 Å². The van der Waals surface area contributed by atoms with E-state index in [-0.39, 0.29) is 17.7 Å². The standard InChI is InChI=1S/C19H28N2O4/c1-3-18(22)21-9-5-7-16(14-21)19(23)20-13-15-6-4-8-17(12-15)25-11-10-24-2/h4,6,8,12,16H,3,5,7,9-11,13-14H2,1-2H3,(H,20,23). The number of likely N-dealkylation sites (tertiary alicyclic amines) is 1. The van der Waals surface area contributed by atoms with E-state index in [1.165, 1.54) is 0 Å². The Hall–Kier alpha value is -2.08. The highest BCUT2D eigenvalue weighted by atomic mass is 16.5. The van der Waals surface area contributed by atoms with Crippen LogP contribution >= 0.6 is 0 Å². The van der Waals surface area contributed by atoms with Crippen molar-refractivity contribution in [2.24, 2.45) is 5.92 Å². The number of methoxy groups -OCH3 is 1. The van der Waals surface area contributed by atoms with Gasteiger partial charge in [-0.05, 0) is 30.5 Å². The van der Waals surface area contributed by atoms with Crippen LogP contribution in [0.25, 0.3) is 0 Å². The summed E-state index contributed by atoms with van der Waals surface area (Å²) in [5, 5.41) is 2.98. The largest absolute Gasteiger partial charge is 0.491 e. The summed E-state index contributed by atoms with van der Waals surface area (Å²) in [5.41, 5.74) is 0.987. The van der Waals surface area contributed by atoms with Crippen LogP contribution in [0.5, 0.6) is 5.75 Å². The van der Waals surface area contributed by atoms with Gasteiger partial charge in [0.05, 0.1) is 12.5 Å². The van der Waals surface area contributed by atoms with Crippen LogP contribution in [0.4, 0.5) is 0 Å². The number of hydrogen-bond donors (Lipinski definition) is 1. The Kier molecular flexibility index (Phi) is 7.73. The summed E-state index contributed by atoms with van der Waals surface area (Å²) >= 11 is 0. The summed E-state index contributed by atoms with van der Waals surface area (Å²) in [6.07, 6.45) is 2.20. The van der Waals surface area contributed by atoms with E-state index < -0.39 is 0 Å². The molecule has 0 spiro atoms. The van der Waals surface area contributed by atoms with E-state index in [4.69, 9.17) is 9.47 Å². The summed E-state index contributed by atoms with van der Waals surface area (Å²) in [6.45, 7) is 4.63. The molecule has 1 N–H and O–H groups in total. The number of nitrogens with one attached hydrogen (secondary N) is 1. The van der Waals surface area contributed by atoms with Crippen molar-refractivity contribution >= 4 is 11.8 Å². The number of piperidine rings is 1. The third-order valence-electron chi connectivity index (χ3n) is 4.37.